The lowest BCUT2D eigenvalue weighted by atomic mass is 10.0. The fraction of sp³-hybridized carbons (Fsp3) is 0.304. The zero-order chi connectivity index (χ0) is 21.2. The Hall–Kier alpha value is -2.73. The number of carboxylic acid groups (broad SMARTS) is 1. The van der Waals surface area contributed by atoms with Crippen molar-refractivity contribution >= 4 is 29.6 Å². The van der Waals surface area contributed by atoms with Gasteiger partial charge in [0.2, 0.25) is 0 Å². The van der Waals surface area contributed by atoms with Gasteiger partial charge in [0.15, 0.2) is 5.78 Å². The van der Waals surface area contributed by atoms with E-state index in [1.807, 2.05) is 25.1 Å². The second kappa shape index (κ2) is 11.3. The Morgan fingerprint density at radius 3 is 2.48 bits per heavy atom. The molecular weight excluding hydrogens is 388 g/mol. The Labute approximate surface area is 175 Å². The van der Waals surface area contributed by atoms with Gasteiger partial charge >= 0.3 is 5.97 Å². The van der Waals surface area contributed by atoms with Crippen LogP contribution in [0.2, 0.25) is 0 Å². The van der Waals surface area contributed by atoms with Crippen LogP contribution in [0, 0.1) is 0 Å². The normalized spacial score (nSPS) is 11.0. The molecule has 29 heavy (non-hydrogen) atoms. The molecule has 0 aliphatic rings. The van der Waals surface area contributed by atoms with Crippen molar-refractivity contribution in [2.45, 2.75) is 38.0 Å². The Bertz CT molecular complexity index is 872. The Morgan fingerprint density at radius 2 is 1.86 bits per heavy atom. The topological polar surface area (TPSA) is 83.8 Å². The number of benzene rings is 2. The van der Waals surface area contributed by atoms with Crippen LogP contribution in [0.5, 0.6) is 11.5 Å². The minimum absolute atomic E-state index is 0.109. The summed E-state index contributed by atoms with van der Waals surface area (Å²) in [6.45, 7) is 4.06. The van der Waals surface area contributed by atoms with Crippen molar-refractivity contribution in [1.82, 2.24) is 0 Å². The number of aromatic hydroxyl groups is 1. The zero-order valence-electron chi connectivity index (χ0n) is 16.7. The van der Waals surface area contributed by atoms with Gasteiger partial charge < -0.3 is 14.9 Å². The van der Waals surface area contributed by atoms with Gasteiger partial charge in [-0.3, -0.25) is 4.79 Å². The van der Waals surface area contributed by atoms with Gasteiger partial charge in [-0.25, -0.2) is 4.79 Å². The lowest BCUT2D eigenvalue weighted by Crippen LogP contribution is -2.01. The van der Waals surface area contributed by atoms with Gasteiger partial charge in [0.25, 0.3) is 0 Å². The number of hydrogen-bond donors (Lipinski definition) is 2. The van der Waals surface area contributed by atoms with Crippen LogP contribution in [-0.2, 0) is 11.2 Å². The first-order valence-corrected chi connectivity index (χ1v) is 10.5. The number of hydrogen-bond acceptors (Lipinski definition) is 5. The maximum atomic E-state index is 11.6. The summed E-state index contributed by atoms with van der Waals surface area (Å²) in [4.78, 5) is 23.2. The van der Waals surface area contributed by atoms with E-state index in [0.717, 1.165) is 52.9 Å². The molecule has 0 bridgehead atoms. The lowest BCUT2D eigenvalue weighted by Gasteiger charge is -2.13. The van der Waals surface area contributed by atoms with Crippen molar-refractivity contribution in [3.63, 3.8) is 0 Å². The molecule has 2 aromatic rings. The molecule has 0 aromatic heterocycles. The highest BCUT2D eigenvalue weighted by molar-refractivity contribution is 7.99. The average Bonchev–Trinajstić information content (AvgIpc) is 2.69. The first-order valence-electron chi connectivity index (χ1n) is 9.54. The Kier molecular flexibility index (Phi) is 8.80. The molecule has 0 unspecified atom stereocenters. The minimum atomic E-state index is -0.978. The second-order valence-electron chi connectivity index (χ2n) is 6.54. The maximum Gasteiger partial charge on any atom is 0.328 e. The number of thioether (sulfide) groups is 1. The van der Waals surface area contributed by atoms with Gasteiger partial charge in [-0.15, -0.1) is 11.8 Å². The zero-order valence-corrected chi connectivity index (χ0v) is 17.5. The third-order valence-corrected chi connectivity index (χ3v) is 5.42. The van der Waals surface area contributed by atoms with E-state index in [1.165, 1.54) is 13.0 Å². The molecule has 0 heterocycles. The van der Waals surface area contributed by atoms with Crippen LogP contribution in [-0.4, -0.2) is 34.3 Å². The summed E-state index contributed by atoms with van der Waals surface area (Å²) in [5.74, 6) is 0.563. The van der Waals surface area contributed by atoms with E-state index in [9.17, 15) is 14.7 Å². The van der Waals surface area contributed by atoms with E-state index in [-0.39, 0.29) is 11.5 Å². The summed E-state index contributed by atoms with van der Waals surface area (Å²) in [6, 6.07) is 10.8. The predicted octanol–water partition coefficient (Wildman–Crippen LogP) is 5.21. The Balaban J connectivity index is 1.85. The monoisotopic (exact) mass is 414 g/mol. The van der Waals surface area contributed by atoms with Crippen molar-refractivity contribution in [1.29, 1.82) is 0 Å². The third-order valence-electron chi connectivity index (χ3n) is 4.23. The molecule has 154 valence electrons. The highest BCUT2D eigenvalue weighted by atomic mass is 32.2. The molecule has 0 aliphatic carbocycles. The summed E-state index contributed by atoms with van der Waals surface area (Å²) in [7, 11) is 0. The number of ether oxygens (including phenoxy) is 1. The molecule has 2 rings (SSSR count). The van der Waals surface area contributed by atoms with Crippen molar-refractivity contribution in [2.24, 2.45) is 0 Å². The smallest absolute Gasteiger partial charge is 0.328 e. The molecule has 0 amide bonds. The van der Waals surface area contributed by atoms with E-state index >= 15 is 0 Å². The van der Waals surface area contributed by atoms with Gasteiger partial charge in [-0.2, -0.15) is 0 Å². The SMILES string of the molecule is CCCc1c(SCCCOc2ccc(C=CC(=O)O)cc2)ccc(C(C)=O)c1O. The second-order valence-corrected chi connectivity index (χ2v) is 7.67. The van der Waals surface area contributed by atoms with E-state index in [0.29, 0.717) is 12.2 Å². The fourth-order valence-corrected chi connectivity index (χ4v) is 3.82. The molecule has 0 spiro atoms. The number of Topliss-reactive ketones (excluding diaryl/α,β-unsaturated/α-hetero) is 1. The van der Waals surface area contributed by atoms with Crippen LogP contribution in [0.1, 0.15) is 48.2 Å². The quantitative estimate of drug-likeness (QED) is 0.227. The van der Waals surface area contributed by atoms with Gasteiger partial charge in [-0.1, -0.05) is 25.5 Å². The molecule has 0 saturated carbocycles. The van der Waals surface area contributed by atoms with Crippen molar-refractivity contribution < 1.29 is 24.5 Å². The van der Waals surface area contributed by atoms with E-state index in [1.54, 1.807) is 30.0 Å². The van der Waals surface area contributed by atoms with Crippen LogP contribution in [0.25, 0.3) is 6.08 Å². The maximum absolute atomic E-state index is 11.6. The predicted molar refractivity (Wildman–Crippen MR) is 116 cm³/mol. The third kappa shape index (κ3) is 6.98. The number of phenolic OH excluding ortho intramolecular Hbond substituents is 1. The van der Waals surface area contributed by atoms with Crippen LogP contribution in [0.15, 0.2) is 47.4 Å². The molecule has 6 heteroatoms. The number of aliphatic carboxylic acids is 1. The van der Waals surface area contributed by atoms with E-state index in [4.69, 9.17) is 9.84 Å². The Morgan fingerprint density at radius 1 is 1.14 bits per heavy atom. The number of carbonyl (C=O) groups excluding carboxylic acids is 1. The van der Waals surface area contributed by atoms with E-state index < -0.39 is 5.97 Å². The van der Waals surface area contributed by atoms with Gasteiger partial charge in [-0.05, 0) is 55.7 Å². The summed E-state index contributed by atoms with van der Waals surface area (Å²) in [5, 5.41) is 19.1. The summed E-state index contributed by atoms with van der Waals surface area (Å²) < 4.78 is 5.73. The number of phenols is 1. The average molecular weight is 415 g/mol. The summed E-state index contributed by atoms with van der Waals surface area (Å²) in [5.41, 5.74) is 2.02. The van der Waals surface area contributed by atoms with Crippen LogP contribution >= 0.6 is 11.8 Å². The molecule has 0 fully saturated rings. The van der Waals surface area contributed by atoms with Crippen molar-refractivity contribution in [2.75, 3.05) is 12.4 Å². The minimum Gasteiger partial charge on any atom is -0.507 e. The molecule has 0 radical (unpaired) electrons. The molecule has 0 aliphatic heterocycles. The first kappa shape index (κ1) is 22.6. The van der Waals surface area contributed by atoms with Crippen LogP contribution < -0.4 is 4.74 Å². The lowest BCUT2D eigenvalue weighted by molar-refractivity contribution is -0.131. The molecular formula is C23H26O5S. The molecule has 2 aromatic carbocycles. The largest absolute Gasteiger partial charge is 0.507 e. The van der Waals surface area contributed by atoms with Crippen LogP contribution in [0.4, 0.5) is 0 Å². The number of carboxylic acids is 1. The standard InChI is InChI=1S/C23H26O5S/c1-3-5-20-21(12-11-19(16(2)24)23(20)27)29-15-4-14-28-18-9-6-17(7-10-18)8-13-22(25)26/h6-13,27H,3-5,14-15H2,1-2H3,(H,25,26). The number of ketones is 1. The van der Waals surface area contributed by atoms with Gasteiger partial charge in [0, 0.05) is 22.3 Å². The van der Waals surface area contributed by atoms with Gasteiger partial charge in [0.05, 0.1) is 12.2 Å². The first-order chi connectivity index (χ1) is 13.9. The summed E-state index contributed by atoms with van der Waals surface area (Å²) >= 11 is 1.65. The molecule has 0 atom stereocenters. The van der Waals surface area contributed by atoms with Crippen molar-refractivity contribution in [3.8, 4) is 11.5 Å². The molecule has 2 N–H and O–H groups in total. The fourth-order valence-electron chi connectivity index (χ4n) is 2.80. The highest BCUT2D eigenvalue weighted by Gasteiger charge is 2.15. The molecule has 5 nitrogen and oxygen atoms in total. The van der Waals surface area contributed by atoms with Crippen LogP contribution in [0.3, 0.4) is 0 Å². The van der Waals surface area contributed by atoms with Gasteiger partial charge in [0.1, 0.15) is 11.5 Å². The number of rotatable bonds is 11. The van der Waals surface area contributed by atoms with Crippen molar-refractivity contribution in [3.05, 3.63) is 59.2 Å². The molecule has 0 saturated heterocycles. The highest BCUT2D eigenvalue weighted by Crippen LogP contribution is 2.34. The van der Waals surface area contributed by atoms with E-state index in [2.05, 4.69) is 0 Å². The number of carbonyl (C=O) groups is 2. The summed E-state index contributed by atoms with van der Waals surface area (Å²) in [6.07, 6.45) is 5.08.